The molecule has 20 heavy (non-hydrogen) atoms. The van der Waals surface area contributed by atoms with Gasteiger partial charge in [0.2, 0.25) is 0 Å². The summed E-state index contributed by atoms with van der Waals surface area (Å²) in [4.78, 5) is 13.7. The standard InChI is InChI=1S/C14H13N3O2S/c1-17(14(19)13-10-20-16-15-13)9-12-6-3-2-5-11(12)7-4-8-18/h2-3,5-6,10,18H,8-9H2,1H3. The summed E-state index contributed by atoms with van der Waals surface area (Å²) < 4.78 is 3.68. The topological polar surface area (TPSA) is 66.3 Å². The van der Waals surface area contributed by atoms with Gasteiger partial charge in [0.1, 0.15) is 6.61 Å². The first kappa shape index (κ1) is 14.2. The molecule has 1 heterocycles. The fraction of sp³-hybridized carbons (Fsp3) is 0.214. The van der Waals surface area contributed by atoms with Crippen LogP contribution in [0.25, 0.3) is 0 Å². The van der Waals surface area contributed by atoms with Crippen molar-refractivity contribution in [1.82, 2.24) is 14.5 Å². The number of aliphatic hydroxyl groups excluding tert-OH is 1. The molecule has 2 rings (SSSR count). The second kappa shape index (κ2) is 6.80. The third kappa shape index (κ3) is 3.41. The van der Waals surface area contributed by atoms with E-state index in [2.05, 4.69) is 21.4 Å². The van der Waals surface area contributed by atoms with Gasteiger partial charge in [-0.25, -0.2) is 0 Å². The molecule has 102 valence electrons. The zero-order chi connectivity index (χ0) is 14.4. The van der Waals surface area contributed by atoms with E-state index in [9.17, 15) is 4.79 Å². The van der Waals surface area contributed by atoms with Gasteiger partial charge in [0.25, 0.3) is 5.91 Å². The van der Waals surface area contributed by atoms with Crippen molar-refractivity contribution < 1.29 is 9.90 Å². The summed E-state index contributed by atoms with van der Waals surface area (Å²) in [5.74, 6) is 5.32. The van der Waals surface area contributed by atoms with E-state index in [0.717, 1.165) is 22.7 Å². The van der Waals surface area contributed by atoms with Gasteiger partial charge in [-0.1, -0.05) is 34.5 Å². The van der Waals surface area contributed by atoms with Crippen LogP contribution in [0.3, 0.4) is 0 Å². The Balaban J connectivity index is 2.15. The summed E-state index contributed by atoms with van der Waals surface area (Å²) in [5, 5.41) is 14.1. The Bertz CT molecular complexity index is 644. The van der Waals surface area contributed by atoms with Crippen LogP contribution in [0.5, 0.6) is 0 Å². The van der Waals surface area contributed by atoms with Crippen LogP contribution in [0.4, 0.5) is 0 Å². The van der Waals surface area contributed by atoms with E-state index < -0.39 is 0 Å². The van der Waals surface area contributed by atoms with Gasteiger partial charge < -0.3 is 10.0 Å². The molecule has 6 heteroatoms. The monoisotopic (exact) mass is 287 g/mol. The minimum Gasteiger partial charge on any atom is -0.384 e. The fourth-order valence-electron chi connectivity index (χ4n) is 1.70. The number of hydrogen-bond acceptors (Lipinski definition) is 5. The van der Waals surface area contributed by atoms with Crippen molar-refractivity contribution in [2.75, 3.05) is 13.7 Å². The predicted octanol–water partition coefficient (Wildman–Crippen LogP) is 1.15. The van der Waals surface area contributed by atoms with E-state index in [4.69, 9.17) is 5.11 Å². The van der Waals surface area contributed by atoms with Gasteiger partial charge in [-0.3, -0.25) is 4.79 Å². The molecule has 1 N–H and O–H groups in total. The fourth-order valence-corrected chi connectivity index (χ4v) is 2.13. The van der Waals surface area contributed by atoms with Crippen molar-refractivity contribution in [3.05, 3.63) is 46.5 Å². The highest BCUT2D eigenvalue weighted by atomic mass is 32.1. The molecule has 0 aliphatic rings. The summed E-state index contributed by atoms with van der Waals surface area (Å²) in [7, 11) is 1.71. The lowest BCUT2D eigenvalue weighted by Crippen LogP contribution is -2.26. The number of benzene rings is 1. The van der Waals surface area contributed by atoms with E-state index in [1.54, 1.807) is 17.3 Å². The van der Waals surface area contributed by atoms with Crippen molar-refractivity contribution in [3.63, 3.8) is 0 Å². The molecule has 0 aliphatic carbocycles. The summed E-state index contributed by atoms with van der Waals surface area (Å²) in [5.41, 5.74) is 2.07. The molecule has 1 aromatic carbocycles. The Hall–Kier alpha value is -2.23. The maximum absolute atomic E-state index is 12.1. The largest absolute Gasteiger partial charge is 0.384 e. The number of amides is 1. The van der Waals surface area contributed by atoms with Crippen LogP contribution >= 0.6 is 11.5 Å². The smallest absolute Gasteiger partial charge is 0.275 e. The van der Waals surface area contributed by atoms with Crippen LogP contribution < -0.4 is 0 Å². The molecule has 1 aromatic heterocycles. The van der Waals surface area contributed by atoms with E-state index >= 15 is 0 Å². The first-order chi connectivity index (χ1) is 9.72. The zero-order valence-corrected chi connectivity index (χ0v) is 11.7. The number of aromatic nitrogens is 2. The van der Waals surface area contributed by atoms with Gasteiger partial charge in [0, 0.05) is 24.5 Å². The van der Waals surface area contributed by atoms with Gasteiger partial charge in [-0.15, -0.1) is 5.10 Å². The first-order valence-electron chi connectivity index (χ1n) is 5.92. The highest BCUT2D eigenvalue weighted by molar-refractivity contribution is 7.03. The molecule has 0 unspecified atom stereocenters. The first-order valence-corrected chi connectivity index (χ1v) is 6.76. The Kier molecular flexibility index (Phi) is 4.82. The number of nitrogens with zero attached hydrogens (tertiary/aromatic N) is 3. The van der Waals surface area contributed by atoms with Crippen LogP contribution in [-0.2, 0) is 6.54 Å². The molecular weight excluding hydrogens is 274 g/mol. The van der Waals surface area contributed by atoms with Crippen molar-refractivity contribution in [2.24, 2.45) is 0 Å². The van der Waals surface area contributed by atoms with Gasteiger partial charge in [-0.05, 0) is 23.2 Å². The number of rotatable bonds is 3. The molecule has 0 fully saturated rings. The molecule has 0 saturated carbocycles. The van der Waals surface area contributed by atoms with Crippen LogP contribution in [-0.4, -0.2) is 39.2 Å². The van der Waals surface area contributed by atoms with Gasteiger partial charge >= 0.3 is 0 Å². The van der Waals surface area contributed by atoms with Crippen molar-refractivity contribution >= 4 is 17.4 Å². The Morgan fingerprint density at radius 1 is 1.45 bits per heavy atom. The van der Waals surface area contributed by atoms with Crippen LogP contribution in [0.15, 0.2) is 29.6 Å². The maximum Gasteiger partial charge on any atom is 0.275 e. The third-order valence-corrected chi connectivity index (χ3v) is 3.16. The molecule has 0 saturated heterocycles. The lowest BCUT2D eigenvalue weighted by molar-refractivity contribution is 0.0779. The summed E-state index contributed by atoms with van der Waals surface area (Å²) in [6.45, 7) is 0.236. The van der Waals surface area contributed by atoms with Crippen molar-refractivity contribution in [3.8, 4) is 11.8 Å². The quantitative estimate of drug-likeness (QED) is 0.860. The minimum absolute atomic E-state index is 0.177. The molecule has 1 amide bonds. The Morgan fingerprint density at radius 3 is 2.95 bits per heavy atom. The Morgan fingerprint density at radius 2 is 2.25 bits per heavy atom. The maximum atomic E-state index is 12.1. The van der Waals surface area contributed by atoms with E-state index in [0.29, 0.717) is 12.2 Å². The predicted molar refractivity (Wildman–Crippen MR) is 76.1 cm³/mol. The molecule has 0 bridgehead atoms. The second-order valence-electron chi connectivity index (χ2n) is 4.07. The van der Waals surface area contributed by atoms with Crippen LogP contribution in [0.1, 0.15) is 21.6 Å². The number of carbonyl (C=O) groups is 1. The van der Waals surface area contributed by atoms with E-state index in [-0.39, 0.29) is 12.5 Å². The number of carbonyl (C=O) groups excluding carboxylic acids is 1. The SMILES string of the molecule is CN(Cc1ccccc1C#CCO)C(=O)c1csnn1. The average Bonchev–Trinajstić information content (AvgIpc) is 2.99. The van der Waals surface area contributed by atoms with Gasteiger partial charge in [-0.2, -0.15) is 0 Å². The van der Waals surface area contributed by atoms with Crippen molar-refractivity contribution in [2.45, 2.75) is 6.54 Å². The second-order valence-corrected chi connectivity index (χ2v) is 4.68. The van der Waals surface area contributed by atoms with Crippen LogP contribution in [0.2, 0.25) is 0 Å². The molecule has 5 nitrogen and oxygen atoms in total. The van der Waals surface area contributed by atoms with E-state index in [1.165, 1.54) is 0 Å². The van der Waals surface area contributed by atoms with Crippen molar-refractivity contribution in [1.29, 1.82) is 0 Å². The molecule has 0 spiro atoms. The Labute approximate surface area is 121 Å². The molecule has 0 aliphatic heterocycles. The normalized spacial score (nSPS) is 9.70. The highest BCUT2D eigenvalue weighted by Crippen LogP contribution is 2.12. The zero-order valence-electron chi connectivity index (χ0n) is 10.9. The summed E-state index contributed by atoms with van der Waals surface area (Å²) in [6, 6.07) is 7.53. The van der Waals surface area contributed by atoms with Crippen LogP contribution in [0, 0.1) is 11.8 Å². The highest BCUT2D eigenvalue weighted by Gasteiger charge is 2.15. The number of hydrogen-bond donors (Lipinski definition) is 1. The minimum atomic E-state index is -0.187. The molecular formula is C14H13N3O2S. The average molecular weight is 287 g/mol. The summed E-state index contributed by atoms with van der Waals surface area (Å²) in [6.07, 6.45) is 0. The summed E-state index contributed by atoms with van der Waals surface area (Å²) >= 11 is 1.15. The van der Waals surface area contributed by atoms with E-state index in [1.807, 2.05) is 24.3 Å². The molecule has 0 atom stereocenters. The van der Waals surface area contributed by atoms with Gasteiger partial charge in [0.05, 0.1) is 0 Å². The van der Waals surface area contributed by atoms with Gasteiger partial charge in [0.15, 0.2) is 5.69 Å². The molecule has 0 radical (unpaired) electrons. The third-order valence-electron chi connectivity index (χ3n) is 2.65. The molecule has 2 aromatic rings. The lowest BCUT2D eigenvalue weighted by atomic mass is 10.1. The lowest BCUT2D eigenvalue weighted by Gasteiger charge is -2.16. The number of aliphatic hydroxyl groups is 1.